The number of hydrogen-bond acceptors (Lipinski definition) is 5. The summed E-state index contributed by atoms with van der Waals surface area (Å²) in [5.74, 6) is 0.673. The number of rotatable bonds is 1. The van der Waals surface area contributed by atoms with Gasteiger partial charge in [-0.25, -0.2) is 4.79 Å². The lowest BCUT2D eigenvalue weighted by atomic mass is 9.79. The molecule has 1 aromatic heterocycles. The van der Waals surface area contributed by atoms with Crippen molar-refractivity contribution >= 4 is 22.6 Å². The third kappa shape index (κ3) is 3.45. The van der Waals surface area contributed by atoms with Gasteiger partial charge in [0.05, 0.1) is 10.6 Å². The van der Waals surface area contributed by atoms with Crippen LogP contribution in [0.25, 0.3) is 11.0 Å². The molecule has 162 valence electrons. The second-order valence-electron chi connectivity index (χ2n) is 10.6. The van der Waals surface area contributed by atoms with Crippen molar-refractivity contribution in [3.63, 3.8) is 0 Å². The summed E-state index contributed by atoms with van der Waals surface area (Å²) in [5.41, 5.74) is 3.45. The molecule has 0 bridgehead atoms. The SMILES string of the molecule is CC1(C)CC(N2COc3c(Cl)cc4c5c(c(=O)oc4c3C2)CCCC5)CC(C)(C)N1. The van der Waals surface area contributed by atoms with Gasteiger partial charge in [0.25, 0.3) is 0 Å². The lowest BCUT2D eigenvalue weighted by Gasteiger charge is -2.50. The fourth-order valence-electron chi connectivity index (χ4n) is 6.05. The van der Waals surface area contributed by atoms with Gasteiger partial charge in [0.15, 0.2) is 0 Å². The highest BCUT2D eigenvalue weighted by Gasteiger charge is 2.41. The van der Waals surface area contributed by atoms with Crippen LogP contribution in [0.1, 0.15) is 70.1 Å². The summed E-state index contributed by atoms with van der Waals surface area (Å²) in [6.45, 7) is 10.2. The van der Waals surface area contributed by atoms with E-state index in [2.05, 4.69) is 37.9 Å². The maximum Gasteiger partial charge on any atom is 0.339 e. The van der Waals surface area contributed by atoms with Crippen molar-refractivity contribution in [2.45, 2.75) is 89.9 Å². The van der Waals surface area contributed by atoms with Crippen LogP contribution in [-0.4, -0.2) is 28.8 Å². The van der Waals surface area contributed by atoms with E-state index in [4.69, 9.17) is 20.8 Å². The van der Waals surface area contributed by atoms with E-state index in [1.165, 1.54) is 0 Å². The van der Waals surface area contributed by atoms with Crippen LogP contribution in [0.5, 0.6) is 5.75 Å². The van der Waals surface area contributed by atoms with Gasteiger partial charge in [0, 0.05) is 34.6 Å². The van der Waals surface area contributed by atoms with Crippen LogP contribution < -0.4 is 15.7 Å². The molecule has 2 aliphatic heterocycles. The van der Waals surface area contributed by atoms with E-state index in [1.807, 2.05) is 6.07 Å². The average molecular weight is 431 g/mol. The van der Waals surface area contributed by atoms with Gasteiger partial charge in [-0.15, -0.1) is 0 Å². The number of nitrogens with one attached hydrogen (secondary N) is 1. The molecule has 0 unspecified atom stereocenters. The molecule has 30 heavy (non-hydrogen) atoms. The second kappa shape index (κ2) is 6.98. The molecule has 0 atom stereocenters. The normalized spacial score (nSPS) is 23.6. The molecule has 3 heterocycles. The van der Waals surface area contributed by atoms with E-state index in [-0.39, 0.29) is 16.7 Å². The number of fused-ring (bicyclic) bond motifs is 5. The maximum absolute atomic E-state index is 12.7. The monoisotopic (exact) mass is 430 g/mol. The van der Waals surface area contributed by atoms with Gasteiger partial charge >= 0.3 is 5.63 Å². The Kier molecular flexibility index (Phi) is 4.73. The number of piperidine rings is 1. The molecule has 1 fully saturated rings. The van der Waals surface area contributed by atoms with Crippen LogP contribution >= 0.6 is 11.6 Å². The highest BCUT2D eigenvalue weighted by atomic mass is 35.5. The van der Waals surface area contributed by atoms with Gasteiger partial charge in [-0.1, -0.05) is 11.6 Å². The number of nitrogens with zero attached hydrogens (tertiary/aromatic N) is 1. The van der Waals surface area contributed by atoms with Crippen molar-refractivity contribution < 1.29 is 9.15 Å². The van der Waals surface area contributed by atoms with Gasteiger partial charge in [-0.3, -0.25) is 4.90 Å². The fraction of sp³-hybridized carbons (Fsp3) is 0.625. The minimum atomic E-state index is -0.192. The summed E-state index contributed by atoms with van der Waals surface area (Å²) in [6, 6.07) is 2.32. The Morgan fingerprint density at radius 2 is 1.73 bits per heavy atom. The van der Waals surface area contributed by atoms with Crippen LogP contribution in [0.2, 0.25) is 5.02 Å². The Balaban J connectivity index is 1.58. The van der Waals surface area contributed by atoms with Crippen molar-refractivity contribution in [2.24, 2.45) is 0 Å². The standard InChI is InChI=1S/C24H31ClN2O3/c1-23(2)10-14(11-24(3,4)26-23)27-12-18-20-17(9-19(25)21(18)29-13-27)15-7-5-6-8-16(15)22(28)30-20/h9,14,26H,5-8,10-13H2,1-4H3. The van der Waals surface area contributed by atoms with Crippen LogP contribution in [0.15, 0.2) is 15.3 Å². The first-order valence-corrected chi connectivity index (χ1v) is 11.5. The average Bonchev–Trinajstić information content (AvgIpc) is 2.67. The van der Waals surface area contributed by atoms with Gasteiger partial charge in [0.2, 0.25) is 0 Å². The summed E-state index contributed by atoms with van der Waals surface area (Å²) in [5, 5.41) is 5.36. The minimum absolute atomic E-state index is 0.0503. The zero-order chi connectivity index (χ0) is 21.3. The predicted molar refractivity (Wildman–Crippen MR) is 119 cm³/mol. The molecule has 5 rings (SSSR count). The Bertz CT molecular complexity index is 1060. The largest absolute Gasteiger partial charge is 0.476 e. The number of benzene rings is 1. The molecule has 2 aromatic rings. The maximum atomic E-state index is 12.7. The van der Waals surface area contributed by atoms with Crippen LogP contribution in [0.4, 0.5) is 0 Å². The zero-order valence-electron chi connectivity index (χ0n) is 18.4. The quantitative estimate of drug-likeness (QED) is 0.659. The van der Waals surface area contributed by atoms with Gasteiger partial charge in [-0.05, 0) is 77.8 Å². The van der Waals surface area contributed by atoms with E-state index in [9.17, 15) is 4.79 Å². The van der Waals surface area contributed by atoms with Gasteiger partial charge in [-0.2, -0.15) is 0 Å². The van der Waals surface area contributed by atoms with Crippen molar-refractivity contribution in [2.75, 3.05) is 6.73 Å². The lowest BCUT2D eigenvalue weighted by Crippen LogP contribution is -2.62. The summed E-state index contributed by atoms with van der Waals surface area (Å²) in [6.07, 6.45) is 5.92. The first kappa shape index (κ1) is 20.3. The molecule has 1 N–H and O–H groups in total. The Morgan fingerprint density at radius 1 is 1.07 bits per heavy atom. The summed E-state index contributed by atoms with van der Waals surface area (Å²) in [4.78, 5) is 15.1. The van der Waals surface area contributed by atoms with Crippen molar-refractivity contribution in [1.82, 2.24) is 10.2 Å². The number of aryl methyl sites for hydroxylation is 1. The van der Waals surface area contributed by atoms with Crippen LogP contribution in [0, 0.1) is 0 Å². The second-order valence-corrected chi connectivity index (χ2v) is 11.0. The number of ether oxygens (including phenoxy) is 1. The Labute approximate surface area is 182 Å². The lowest BCUT2D eigenvalue weighted by molar-refractivity contribution is 0.00320. The molecule has 1 aromatic carbocycles. The molecule has 1 saturated heterocycles. The fourth-order valence-corrected chi connectivity index (χ4v) is 6.33. The zero-order valence-corrected chi connectivity index (χ0v) is 19.1. The number of halogens is 1. The molecular weight excluding hydrogens is 400 g/mol. The van der Waals surface area contributed by atoms with E-state index in [1.54, 1.807) is 0 Å². The molecule has 1 aliphatic carbocycles. The Hall–Kier alpha value is -1.56. The molecule has 0 amide bonds. The van der Waals surface area contributed by atoms with Crippen LogP contribution in [-0.2, 0) is 19.4 Å². The minimum Gasteiger partial charge on any atom is -0.476 e. The van der Waals surface area contributed by atoms with E-state index >= 15 is 0 Å². The highest BCUT2D eigenvalue weighted by molar-refractivity contribution is 6.33. The highest BCUT2D eigenvalue weighted by Crippen LogP contribution is 2.42. The summed E-state index contributed by atoms with van der Waals surface area (Å²) >= 11 is 6.65. The molecule has 6 heteroatoms. The van der Waals surface area contributed by atoms with E-state index < -0.39 is 0 Å². The number of hydrogen-bond donors (Lipinski definition) is 1. The summed E-state index contributed by atoms with van der Waals surface area (Å²) in [7, 11) is 0. The first-order valence-electron chi connectivity index (χ1n) is 11.1. The van der Waals surface area contributed by atoms with Gasteiger partial charge < -0.3 is 14.5 Å². The molecule has 0 radical (unpaired) electrons. The van der Waals surface area contributed by atoms with E-state index in [0.717, 1.165) is 60.6 Å². The predicted octanol–water partition coefficient (Wildman–Crippen LogP) is 4.79. The smallest absolute Gasteiger partial charge is 0.339 e. The summed E-state index contributed by atoms with van der Waals surface area (Å²) < 4.78 is 12.1. The molecule has 5 nitrogen and oxygen atoms in total. The van der Waals surface area contributed by atoms with Crippen molar-refractivity contribution in [1.29, 1.82) is 0 Å². The molecular formula is C24H31ClN2O3. The molecule has 0 saturated carbocycles. The van der Waals surface area contributed by atoms with E-state index in [0.29, 0.717) is 35.7 Å². The van der Waals surface area contributed by atoms with Crippen LogP contribution in [0.3, 0.4) is 0 Å². The topological polar surface area (TPSA) is 54.7 Å². The van der Waals surface area contributed by atoms with Gasteiger partial charge in [0.1, 0.15) is 18.1 Å². The molecule has 3 aliphatic rings. The van der Waals surface area contributed by atoms with Crippen molar-refractivity contribution in [3.05, 3.63) is 38.2 Å². The first-order chi connectivity index (χ1) is 14.1. The Morgan fingerprint density at radius 3 is 2.43 bits per heavy atom. The third-order valence-corrected chi connectivity index (χ3v) is 7.22. The third-order valence-electron chi connectivity index (χ3n) is 6.94. The molecule has 0 spiro atoms. The van der Waals surface area contributed by atoms with Crippen molar-refractivity contribution in [3.8, 4) is 5.75 Å².